The number of nitrogens with zero attached hydrogens (tertiary/aromatic N) is 1. The van der Waals surface area contributed by atoms with Gasteiger partial charge in [0.2, 0.25) is 5.91 Å². The molecule has 0 aromatic carbocycles. The van der Waals surface area contributed by atoms with Crippen molar-refractivity contribution in [2.75, 3.05) is 5.32 Å². The molecule has 1 aromatic rings. The van der Waals surface area contributed by atoms with E-state index >= 15 is 0 Å². The third-order valence-corrected chi connectivity index (χ3v) is 3.82. The van der Waals surface area contributed by atoms with E-state index in [1.54, 1.807) is 32.2 Å². The topological polar surface area (TPSA) is 79.3 Å². The third kappa shape index (κ3) is 2.25. The lowest BCUT2D eigenvalue weighted by Crippen LogP contribution is -2.18. The van der Waals surface area contributed by atoms with Gasteiger partial charge in [0, 0.05) is 10.7 Å². The van der Waals surface area contributed by atoms with Crippen molar-refractivity contribution < 1.29 is 14.7 Å². The van der Waals surface area contributed by atoms with Crippen LogP contribution >= 0.6 is 15.9 Å². The first-order valence-electron chi connectivity index (χ1n) is 5.49. The van der Waals surface area contributed by atoms with E-state index in [1.807, 2.05) is 0 Å². The van der Waals surface area contributed by atoms with Gasteiger partial charge in [0.25, 0.3) is 0 Å². The SMILES string of the molecule is CC1(C)[C@H](C(=O)O)[C@H]1C(=O)Nc1ccc(Br)cn1. The number of hydrogen-bond acceptors (Lipinski definition) is 3. The first-order valence-corrected chi connectivity index (χ1v) is 6.28. The van der Waals surface area contributed by atoms with Crippen LogP contribution in [-0.4, -0.2) is 22.0 Å². The molecule has 1 fully saturated rings. The van der Waals surface area contributed by atoms with Crippen molar-refractivity contribution in [2.45, 2.75) is 13.8 Å². The van der Waals surface area contributed by atoms with Crippen LogP contribution in [0.1, 0.15) is 13.8 Å². The average molecular weight is 313 g/mol. The van der Waals surface area contributed by atoms with E-state index in [4.69, 9.17) is 5.11 Å². The van der Waals surface area contributed by atoms with Crippen LogP contribution in [0.15, 0.2) is 22.8 Å². The Bertz CT molecular complexity index is 499. The summed E-state index contributed by atoms with van der Waals surface area (Å²) >= 11 is 3.25. The van der Waals surface area contributed by atoms with Crippen molar-refractivity contribution in [1.29, 1.82) is 0 Å². The van der Waals surface area contributed by atoms with Crippen LogP contribution in [0.3, 0.4) is 0 Å². The van der Waals surface area contributed by atoms with Gasteiger partial charge in [-0.3, -0.25) is 9.59 Å². The van der Waals surface area contributed by atoms with Crippen molar-refractivity contribution in [1.82, 2.24) is 4.98 Å². The maximum absolute atomic E-state index is 12.0. The van der Waals surface area contributed by atoms with Gasteiger partial charge in [-0.1, -0.05) is 13.8 Å². The van der Waals surface area contributed by atoms with Crippen LogP contribution in [0.5, 0.6) is 0 Å². The molecule has 18 heavy (non-hydrogen) atoms. The molecule has 0 saturated heterocycles. The average Bonchev–Trinajstić information content (AvgIpc) is 2.85. The minimum absolute atomic E-state index is 0.290. The number of aromatic nitrogens is 1. The molecule has 1 aliphatic rings. The van der Waals surface area contributed by atoms with Gasteiger partial charge in [0.05, 0.1) is 11.8 Å². The number of nitrogens with one attached hydrogen (secondary N) is 1. The lowest BCUT2D eigenvalue weighted by molar-refractivity contribution is -0.140. The van der Waals surface area contributed by atoms with Crippen LogP contribution in [-0.2, 0) is 9.59 Å². The van der Waals surface area contributed by atoms with Gasteiger partial charge in [0.1, 0.15) is 5.82 Å². The lowest BCUT2D eigenvalue weighted by atomic mass is 10.1. The molecule has 1 saturated carbocycles. The second-order valence-electron chi connectivity index (χ2n) is 4.97. The molecule has 0 spiro atoms. The number of halogens is 1. The number of pyridine rings is 1. The first kappa shape index (κ1) is 13.0. The summed E-state index contributed by atoms with van der Waals surface area (Å²) in [7, 11) is 0. The van der Waals surface area contributed by atoms with E-state index in [2.05, 4.69) is 26.2 Å². The van der Waals surface area contributed by atoms with Gasteiger partial charge in [0.15, 0.2) is 0 Å². The molecular weight excluding hydrogens is 300 g/mol. The smallest absolute Gasteiger partial charge is 0.307 e. The molecule has 2 rings (SSSR count). The third-order valence-electron chi connectivity index (χ3n) is 3.35. The van der Waals surface area contributed by atoms with Crippen molar-refractivity contribution in [3.63, 3.8) is 0 Å². The zero-order chi connectivity index (χ0) is 13.5. The molecule has 0 aliphatic heterocycles. The fraction of sp³-hybridized carbons (Fsp3) is 0.417. The van der Waals surface area contributed by atoms with Gasteiger partial charge in [-0.25, -0.2) is 4.98 Å². The van der Waals surface area contributed by atoms with Gasteiger partial charge >= 0.3 is 5.97 Å². The summed E-state index contributed by atoms with van der Waals surface area (Å²) < 4.78 is 0.815. The Hall–Kier alpha value is -1.43. The largest absolute Gasteiger partial charge is 0.481 e. The predicted octanol–water partition coefficient (Wildman–Crippen LogP) is 2.14. The summed E-state index contributed by atoms with van der Waals surface area (Å²) in [5.74, 6) is -1.91. The number of carbonyl (C=O) groups is 2. The molecule has 1 amide bonds. The molecule has 1 aliphatic carbocycles. The minimum Gasteiger partial charge on any atom is -0.481 e. The molecule has 0 unspecified atom stereocenters. The first-order chi connectivity index (χ1) is 8.34. The van der Waals surface area contributed by atoms with E-state index in [0.29, 0.717) is 5.82 Å². The molecule has 1 heterocycles. The second kappa shape index (κ2) is 4.35. The minimum atomic E-state index is -0.927. The number of amides is 1. The Morgan fingerprint density at radius 1 is 1.39 bits per heavy atom. The molecule has 2 N–H and O–H groups in total. The Labute approximate surface area is 113 Å². The monoisotopic (exact) mass is 312 g/mol. The molecule has 96 valence electrons. The van der Waals surface area contributed by atoms with Gasteiger partial charge in [-0.2, -0.15) is 0 Å². The summed E-state index contributed by atoms with van der Waals surface area (Å²) in [4.78, 5) is 27.0. The molecule has 1 aromatic heterocycles. The van der Waals surface area contributed by atoms with Crippen molar-refractivity contribution in [3.8, 4) is 0 Å². The molecule has 0 radical (unpaired) electrons. The number of aliphatic carboxylic acids is 1. The number of carboxylic acid groups (broad SMARTS) is 1. The summed E-state index contributed by atoms with van der Waals surface area (Å²) in [5, 5.41) is 11.6. The second-order valence-corrected chi connectivity index (χ2v) is 5.88. The molecular formula is C12H13BrN2O3. The van der Waals surface area contributed by atoms with E-state index < -0.39 is 23.2 Å². The molecule has 5 nitrogen and oxygen atoms in total. The van der Waals surface area contributed by atoms with E-state index in [1.165, 1.54) is 0 Å². The maximum atomic E-state index is 12.0. The number of rotatable bonds is 3. The summed E-state index contributed by atoms with van der Waals surface area (Å²) in [6.45, 7) is 3.57. The fourth-order valence-electron chi connectivity index (χ4n) is 2.24. The van der Waals surface area contributed by atoms with Crippen LogP contribution in [0.2, 0.25) is 0 Å². The van der Waals surface area contributed by atoms with E-state index in [9.17, 15) is 9.59 Å². The standard InChI is InChI=1S/C12H13BrN2O3/c1-12(2)8(9(12)11(17)18)10(16)15-7-4-3-6(13)5-14-7/h3-5,8-9H,1-2H3,(H,17,18)(H,14,15,16)/t8-,9-/m0/s1. The highest BCUT2D eigenvalue weighted by molar-refractivity contribution is 9.10. The number of carbonyl (C=O) groups excluding carboxylic acids is 1. The Morgan fingerprint density at radius 3 is 2.50 bits per heavy atom. The van der Waals surface area contributed by atoms with Crippen LogP contribution < -0.4 is 5.32 Å². The fourth-order valence-corrected chi connectivity index (χ4v) is 2.48. The number of carboxylic acids is 1. The van der Waals surface area contributed by atoms with Gasteiger partial charge < -0.3 is 10.4 Å². The van der Waals surface area contributed by atoms with Gasteiger partial charge in [-0.05, 0) is 33.5 Å². The van der Waals surface area contributed by atoms with E-state index in [0.717, 1.165) is 4.47 Å². The summed E-state index contributed by atoms with van der Waals surface area (Å²) in [5.41, 5.74) is -0.495. The zero-order valence-corrected chi connectivity index (χ0v) is 11.6. The Kier molecular flexibility index (Phi) is 3.14. The van der Waals surface area contributed by atoms with Crippen LogP contribution in [0.4, 0.5) is 5.82 Å². The highest BCUT2D eigenvalue weighted by atomic mass is 79.9. The van der Waals surface area contributed by atoms with Crippen molar-refractivity contribution in [2.24, 2.45) is 17.3 Å². The zero-order valence-electron chi connectivity index (χ0n) is 9.98. The van der Waals surface area contributed by atoms with Crippen LogP contribution in [0, 0.1) is 17.3 Å². The Morgan fingerprint density at radius 2 is 2.06 bits per heavy atom. The highest BCUT2D eigenvalue weighted by Gasteiger charge is 2.65. The van der Waals surface area contributed by atoms with Crippen molar-refractivity contribution >= 4 is 33.6 Å². The maximum Gasteiger partial charge on any atom is 0.307 e. The number of anilines is 1. The lowest BCUT2D eigenvalue weighted by Gasteiger charge is -2.04. The summed E-state index contributed by atoms with van der Waals surface area (Å²) in [6.07, 6.45) is 1.57. The quantitative estimate of drug-likeness (QED) is 0.896. The summed E-state index contributed by atoms with van der Waals surface area (Å²) in [6, 6.07) is 3.42. The predicted molar refractivity (Wildman–Crippen MR) is 69.0 cm³/mol. The van der Waals surface area contributed by atoms with Crippen LogP contribution in [0.25, 0.3) is 0 Å². The van der Waals surface area contributed by atoms with Gasteiger partial charge in [-0.15, -0.1) is 0 Å². The molecule has 6 heteroatoms. The molecule has 0 bridgehead atoms. The Balaban J connectivity index is 2.06. The normalized spacial score (nSPS) is 24.4. The highest BCUT2D eigenvalue weighted by Crippen LogP contribution is 2.58. The molecule has 2 atom stereocenters. The number of hydrogen-bond donors (Lipinski definition) is 2. The van der Waals surface area contributed by atoms with E-state index in [-0.39, 0.29) is 5.91 Å². The van der Waals surface area contributed by atoms with Crippen molar-refractivity contribution in [3.05, 3.63) is 22.8 Å².